The maximum Gasteiger partial charge on any atom is 1.00 e. The molecule has 0 saturated heterocycles. The summed E-state index contributed by atoms with van der Waals surface area (Å²) in [6.07, 6.45) is 1.94. The number of nitrogens with zero attached hydrogens (tertiary/aromatic N) is 1. The van der Waals surface area contributed by atoms with Gasteiger partial charge in [0.15, 0.2) is 0 Å². The molecule has 0 aliphatic rings. The largest absolute Gasteiger partial charge is 1.00 e. The Hall–Kier alpha value is -4.80. The average molecular weight is 807 g/mol. The molecule has 0 unspecified atom stereocenters. The van der Waals surface area contributed by atoms with Crippen molar-refractivity contribution in [3.63, 3.8) is 0 Å². The first-order chi connectivity index (χ1) is 24.2. The molecular formula is C42H38AgNO5P2. The van der Waals surface area contributed by atoms with Crippen molar-refractivity contribution in [3.8, 4) is 0 Å². The fourth-order valence-electron chi connectivity index (χ4n) is 5.87. The zero-order chi connectivity index (χ0) is 35.8. The summed E-state index contributed by atoms with van der Waals surface area (Å²) in [7, 11) is -4.17. The van der Waals surface area contributed by atoms with Crippen LogP contribution in [-0.2, 0) is 27.2 Å². The summed E-state index contributed by atoms with van der Waals surface area (Å²) in [5, 5.41) is 34.1. The summed E-state index contributed by atoms with van der Waals surface area (Å²) in [5.41, 5.74) is 0. The van der Waals surface area contributed by atoms with Gasteiger partial charge in [0.05, 0.1) is 26.8 Å². The molecule has 0 spiro atoms. The number of ketones is 1. The van der Waals surface area contributed by atoms with Crippen molar-refractivity contribution in [1.82, 2.24) is 0 Å². The van der Waals surface area contributed by atoms with E-state index in [1.807, 2.05) is 121 Å². The van der Waals surface area contributed by atoms with E-state index in [2.05, 4.69) is 72.8 Å². The molecule has 6 aromatic carbocycles. The first-order valence-electron chi connectivity index (χ1n) is 15.9. The first-order valence-corrected chi connectivity index (χ1v) is 19.6. The molecule has 51 heavy (non-hydrogen) atoms. The predicted octanol–water partition coefficient (Wildman–Crippen LogP) is 6.69. The quantitative estimate of drug-likeness (QED) is 0.0405. The molecule has 0 radical (unpaired) electrons. The number of carbonyl (C=O) groups excluding carboxylic acids is 1. The second-order valence-corrected chi connectivity index (χ2v) is 17.7. The molecule has 0 fully saturated rings. The molecule has 6 nitrogen and oxygen atoms in total. The van der Waals surface area contributed by atoms with Crippen LogP contribution in [0.3, 0.4) is 0 Å². The first kappa shape index (κ1) is 40.6. The van der Waals surface area contributed by atoms with Crippen molar-refractivity contribution in [2.75, 3.05) is 0 Å². The third-order valence-electron chi connectivity index (χ3n) is 7.73. The monoisotopic (exact) mass is 805 g/mol. The van der Waals surface area contributed by atoms with Gasteiger partial charge in [-0.05, 0) is 79.7 Å². The van der Waals surface area contributed by atoms with Gasteiger partial charge < -0.3 is 25.2 Å². The molecular weight excluding hydrogens is 768 g/mol. The van der Waals surface area contributed by atoms with E-state index in [0.29, 0.717) is 0 Å². The van der Waals surface area contributed by atoms with Crippen LogP contribution in [0, 0.1) is 21.5 Å². The van der Waals surface area contributed by atoms with E-state index in [0.717, 1.165) is 0 Å². The molecule has 0 bridgehead atoms. The van der Waals surface area contributed by atoms with E-state index < -0.39 is 19.6 Å². The van der Waals surface area contributed by atoms with Gasteiger partial charge in [0.2, 0.25) is 0 Å². The maximum absolute atomic E-state index is 12.2. The Morgan fingerprint density at radius 1 is 0.510 bits per heavy atom. The Labute approximate surface area is 316 Å². The molecule has 0 amide bonds. The summed E-state index contributed by atoms with van der Waals surface area (Å²) in [4.78, 5) is 20.4. The minimum Gasteiger partial charge on any atom is -0.873 e. The predicted molar refractivity (Wildman–Crippen MR) is 209 cm³/mol. The number of allylic oxidation sites excluding steroid dienone is 1. The molecule has 0 heterocycles. The molecule has 0 aromatic heterocycles. The van der Waals surface area contributed by atoms with Crippen LogP contribution in [0.5, 0.6) is 0 Å². The molecule has 6 rings (SSSR count). The Morgan fingerprint density at radius 2 is 0.725 bits per heavy atom. The molecule has 0 aliphatic carbocycles. The van der Waals surface area contributed by atoms with Crippen LogP contribution in [0.15, 0.2) is 194 Å². The molecule has 0 saturated carbocycles. The topological polar surface area (TPSA) is 106 Å². The van der Waals surface area contributed by atoms with Crippen molar-refractivity contribution in [3.05, 3.63) is 215 Å². The van der Waals surface area contributed by atoms with E-state index in [4.69, 9.17) is 15.3 Å². The second kappa shape index (κ2) is 20.1. The minimum atomic E-state index is -2.08. The fraction of sp³-hybridized carbons (Fsp3) is 0.0476. The van der Waals surface area contributed by atoms with Gasteiger partial charge in [0, 0.05) is 13.0 Å². The van der Waals surface area contributed by atoms with E-state index in [1.54, 1.807) is 13.8 Å². The maximum atomic E-state index is 12.2. The van der Waals surface area contributed by atoms with E-state index in [-0.39, 0.29) is 33.9 Å². The second-order valence-electron chi connectivity index (χ2n) is 11.2. The SMILES string of the molecule is C/C([O-])=C/[P+](c1ccccc1)(c1ccccc1)c1ccccc1.CC(=O)[CH-][P+](c1ccccc1)(c1ccccc1)c1ccccc1.O=[N+]([O-])[O-].[Ag+]. The average Bonchev–Trinajstić information content (AvgIpc) is 3.15. The number of benzene rings is 6. The van der Waals surface area contributed by atoms with Crippen molar-refractivity contribution in [1.29, 1.82) is 0 Å². The third-order valence-corrected chi connectivity index (χ3v) is 15.9. The van der Waals surface area contributed by atoms with Gasteiger partial charge in [0.25, 0.3) is 0 Å². The summed E-state index contributed by atoms with van der Waals surface area (Å²) < 4.78 is 0. The Kier molecular flexibility index (Phi) is 16.1. The summed E-state index contributed by atoms with van der Waals surface area (Å²) in [6, 6.07) is 62.2. The molecule has 9 heteroatoms. The smallest absolute Gasteiger partial charge is 0.873 e. The van der Waals surface area contributed by atoms with E-state index in [9.17, 15) is 9.90 Å². The molecule has 6 aromatic rings. The third kappa shape index (κ3) is 10.6. The number of Topliss-reactive ketones (excluding diaryl/α,β-unsaturated/α-hetero) is 1. The van der Waals surface area contributed by atoms with Crippen LogP contribution in [0.4, 0.5) is 0 Å². The van der Waals surface area contributed by atoms with E-state index >= 15 is 0 Å². The van der Waals surface area contributed by atoms with Crippen LogP contribution in [0.25, 0.3) is 0 Å². The van der Waals surface area contributed by atoms with Crippen molar-refractivity contribution < 1.29 is 37.4 Å². The zero-order valence-electron chi connectivity index (χ0n) is 28.2. The van der Waals surface area contributed by atoms with Crippen LogP contribution >= 0.6 is 14.5 Å². The zero-order valence-corrected chi connectivity index (χ0v) is 31.4. The summed E-state index contributed by atoms with van der Waals surface area (Å²) in [5.74, 6) is 2.15. The Bertz CT molecular complexity index is 1750. The summed E-state index contributed by atoms with van der Waals surface area (Å²) >= 11 is 0. The van der Waals surface area contributed by atoms with E-state index in [1.165, 1.54) is 31.8 Å². The van der Waals surface area contributed by atoms with Gasteiger partial charge in [-0.15, -0.1) is 0 Å². The standard InChI is InChI=1S/2C21H19OP.Ag.NO3/c2*1-18(22)17-23(19-11-5-2-6-12-19,20-13-7-3-8-14-20)21-15-9-4-10-16-21;;2-1(3)4/h2*2-17H,1H3;;/q;;+1;-1/b18-17-;;;. The van der Waals surface area contributed by atoms with Gasteiger partial charge in [-0.25, -0.2) is 0 Å². The van der Waals surface area contributed by atoms with Gasteiger partial charge in [0.1, 0.15) is 23.2 Å². The van der Waals surface area contributed by atoms with Crippen LogP contribution in [-0.4, -0.2) is 10.9 Å². The van der Waals surface area contributed by atoms with Crippen LogP contribution in [0.1, 0.15) is 13.8 Å². The molecule has 0 atom stereocenters. The molecule has 0 aliphatic heterocycles. The number of hydrogen-bond acceptors (Lipinski definition) is 5. The van der Waals surface area contributed by atoms with Crippen molar-refractivity contribution >= 4 is 52.1 Å². The van der Waals surface area contributed by atoms with Crippen LogP contribution < -0.4 is 36.9 Å². The number of hydrogen-bond donors (Lipinski definition) is 0. The van der Waals surface area contributed by atoms with Gasteiger partial charge in [-0.2, -0.15) is 6.16 Å². The minimum absolute atomic E-state index is 0. The van der Waals surface area contributed by atoms with Crippen molar-refractivity contribution in [2.45, 2.75) is 13.8 Å². The fourth-order valence-corrected chi connectivity index (χ4v) is 13.5. The molecule has 0 N–H and O–H groups in total. The number of rotatable bonds is 9. The Balaban J connectivity index is 0.000000245. The van der Waals surface area contributed by atoms with Gasteiger partial charge in [-0.1, -0.05) is 122 Å². The van der Waals surface area contributed by atoms with Gasteiger partial charge in [-0.3, -0.25) is 0 Å². The normalized spacial score (nSPS) is 10.9. The van der Waals surface area contributed by atoms with Gasteiger partial charge >= 0.3 is 22.4 Å². The number of carbonyl (C=O) groups is 1. The molecule has 262 valence electrons. The Morgan fingerprint density at radius 3 is 0.922 bits per heavy atom. The van der Waals surface area contributed by atoms with Crippen molar-refractivity contribution in [2.24, 2.45) is 0 Å². The summed E-state index contributed by atoms with van der Waals surface area (Å²) in [6.45, 7) is 3.28. The van der Waals surface area contributed by atoms with Crippen LogP contribution in [0.2, 0.25) is 0 Å².